The van der Waals surface area contributed by atoms with Crippen molar-refractivity contribution >= 4 is 11.9 Å². The minimum absolute atomic E-state index is 0.0958. The number of nitrogens with zero attached hydrogens (tertiary/aromatic N) is 1. The van der Waals surface area contributed by atoms with Crippen LogP contribution in [0, 0.1) is 6.92 Å². The molecule has 0 saturated carbocycles. The van der Waals surface area contributed by atoms with E-state index in [0.29, 0.717) is 0 Å². The zero-order chi connectivity index (χ0) is 16.1. The number of benzene rings is 1. The molecule has 0 spiro atoms. The van der Waals surface area contributed by atoms with Gasteiger partial charge in [-0.2, -0.15) is 0 Å². The predicted molar refractivity (Wildman–Crippen MR) is 82.8 cm³/mol. The Labute approximate surface area is 130 Å². The lowest BCUT2D eigenvalue weighted by molar-refractivity contribution is -0.138. The molecule has 5 heteroatoms. The summed E-state index contributed by atoms with van der Waals surface area (Å²) >= 11 is 0. The van der Waals surface area contributed by atoms with Gasteiger partial charge in [0.2, 0.25) is 0 Å². The fourth-order valence-corrected chi connectivity index (χ4v) is 2.85. The van der Waals surface area contributed by atoms with Crippen molar-refractivity contribution in [1.29, 1.82) is 0 Å². The van der Waals surface area contributed by atoms with Crippen molar-refractivity contribution in [3.8, 4) is 5.75 Å². The Morgan fingerprint density at radius 1 is 1.36 bits per heavy atom. The molecule has 1 aromatic carbocycles. The quantitative estimate of drug-likeness (QED) is 0.868. The number of amides is 1. The second-order valence-electron chi connectivity index (χ2n) is 5.74. The average molecular weight is 305 g/mol. The molecule has 1 N–H and O–H groups in total. The van der Waals surface area contributed by atoms with Crippen LogP contribution in [-0.4, -0.2) is 41.1 Å². The number of carbonyl (C=O) groups excluding carboxylic acids is 2. The third-order valence-corrected chi connectivity index (χ3v) is 4.12. The topological polar surface area (TPSA) is 66.8 Å². The van der Waals surface area contributed by atoms with Crippen LogP contribution in [0.25, 0.3) is 0 Å². The van der Waals surface area contributed by atoms with Crippen LogP contribution >= 0.6 is 0 Å². The molecule has 5 nitrogen and oxygen atoms in total. The monoisotopic (exact) mass is 305 g/mol. The standard InChI is InChI=1S/C17H23NO4/c1-3-13-6-4-5-9-18(13)16(20)11-22-17(21)14-10-12(2)7-8-15(14)19/h7-8,10,13,19H,3-6,9,11H2,1-2H3/t13-/m0/s1. The lowest BCUT2D eigenvalue weighted by Gasteiger charge is -2.35. The van der Waals surface area contributed by atoms with Gasteiger partial charge < -0.3 is 14.7 Å². The van der Waals surface area contributed by atoms with Gasteiger partial charge in [0, 0.05) is 12.6 Å². The number of likely N-dealkylation sites (tertiary alicyclic amines) is 1. The summed E-state index contributed by atoms with van der Waals surface area (Å²) in [4.78, 5) is 26.1. The second-order valence-corrected chi connectivity index (χ2v) is 5.74. The number of esters is 1. The van der Waals surface area contributed by atoms with Gasteiger partial charge >= 0.3 is 5.97 Å². The third kappa shape index (κ3) is 3.78. The van der Waals surface area contributed by atoms with E-state index in [-0.39, 0.29) is 29.9 Å². The van der Waals surface area contributed by atoms with E-state index in [1.54, 1.807) is 12.1 Å². The van der Waals surface area contributed by atoms with Gasteiger partial charge in [-0.25, -0.2) is 4.79 Å². The van der Waals surface area contributed by atoms with E-state index in [4.69, 9.17) is 4.74 Å². The lowest BCUT2D eigenvalue weighted by atomic mass is 10.00. The Bertz CT molecular complexity index is 556. The van der Waals surface area contributed by atoms with Crippen molar-refractivity contribution < 1.29 is 19.4 Å². The highest BCUT2D eigenvalue weighted by atomic mass is 16.5. The highest BCUT2D eigenvalue weighted by molar-refractivity contribution is 5.94. The molecule has 0 unspecified atom stereocenters. The first-order valence-corrected chi connectivity index (χ1v) is 7.79. The van der Waals surface area contributed by atoms with Crippen molar-refractivity contribution in [2.45, 2.75) is 45.6 Å². The van der Waals surface area contributed by atoms with E-state index in [0.717, 1.165) is 37.8 Å². The number of hydrogen-bond donors (Lipinski definition) is 1. The van der Waals surface area contributed by atoms with Crippen LogP contribution in [0.2, 0.25) is 0 Å². The zero-order valence-corrected chi connectivity index (χ0v) is 13.2. The average Bonchev–Trinajstić information content (AvgIpc) is 2.54. The van der Waals surface area contributed by atoms with E-state index >= 15 is 0 Å². The molecule has 1 aliphatic rings. The van der Waals surface area contributed by atoms with E-state index < -0.39 is 5.97 Å². The van der Waals surface area contributed by atoms with Gasteiger partial charge in [0.15, 0.2) is 6.61 Å². The summed E-state index contributed by atoms with van der Waals surface area (Å²) in [6.45, 7) is 4.33. The fraction of sp³-hybridized carbons (Fsp3) is 0.529. The smallest absolute Gasteiger partial charge is 0.342 e. The zero-order valence-electron chi connectivity index (χ0n) is 13.2. The number of rotatable bonds is 4. The SMILES string of the molecule is CC[C@H]1CCCCN1C(=O)COC(=O)c1cc(C)ccc1O. The van der Waals surface area contributed by atoms with Crippen molar-refractivity contribution in [2.75, 3.05) is 13.2 Å². The Balaban J connectivity index is 1.95. The number of hydrogen-bond acceptors (Lipinski definition) is 4. The molecule has 1 fully saturated rings. The van der Waals surface area contributed by atoms with Gasteiger partial charge in [-0.3, -0.25) is 4.79 Å². The molecule has 22 heavy (non-hydrogen) atoms. The number of piperidine rings is 1. The highest BCUT2D eigenvalue weighted by Crippen LogP contribution is 2.21. The van der Waals surface area contributed by atoms with Crippen LogP contribution < -0.4 is 0 Å². The van der Waals surface area contributed by atoms with Crippen LogP contribution in [0.3, 0.4) is 0 Å². The van der Waals surface area contributed by atoms with E-state index in [1.165, 1.54) is 6.07 Å². The van der Waals surface area contributed by atoms with Crippen molar-refractivity contribution in [3.05, 3.63) is 29.3 Å². The summed E-state index contributed by atoms with van der Waals surface area (Å²) in [6, 6.07) is 4.95. The second kappa shape index (κ2) is 7.29. The number of phenolic OH excluding ortho intramolecular Hbond substituents is 1. The summed E-state index contributed by atoms with van der Waals surface area (Å²) in [5, 5.41) is 9.70. The van der Waals surface area contributed by atoms with Crippen molar-refractivity contribution in [1.82, 2.24) is 4.90 Å². The molecule has 0 aliphatic carbocycles. The first-order chi connectivity index (χ1) is 10.5. The first-order valence-electron chi connectivity index (χ1n) is 7.79. The van der Waals surface area contributed by atoms with Crippen LogP contribution in [0.5, 0.6) is 5.75 Å². The summed E-state index contributed by atoms with van der Waals surface area (Å²) in [6.07, 6.45) is 4.06. The largest absolute Gasteiger partial charge is 0.507 e. The van der Waals surface area contributed by atoms with Gasteiger partial charge in [-0.05, 0) is 44.7 Å². The fourth-order valence-electron chi connectivity index (χ4n) is 2.85. The van der Waals surface area contributed by atoms with Crippen LogP contribution in [0.4, 0.5) is 0 Å². The minimum Gasteiger partial charge on any atom is -0.507 e. The molecular weight excluding hydrogens is 282 g/mol. The van der Waals surface area contributed by atoms with Gasteiger partial charge in [0.1, 0.15) is 11.3 Å². The minimum atomic E-state index is -0.667. The van der Waals surface area contributed by atoms with E-state index in [2.05, 4.69) is 6.92 Å². The molecule has 1 saturated heterocycles. The number of phenols is 1. The molecule has 1 aromatic rings. The molecule has 0 radical (unpaired) electrons. The molecule has 2 rings (SSSR count). The van der Waals surface area contributed by atoms with E-state index in [9.17, 15) is 14.7 Å². The maximum Gasteiger partial charge on any atom is 0.342 e. The number of aryl methyl sites for hydroxylation is 1. The van der Waals surface area contributed by atoms with Gasteiger partial charge in [0.25, 0.3) is 5.91 Å². The Hall–Kier alpha value is -2.04. The van der Waals surface area contributed by atoms with E-state index in [1.807, 2.05) is 11.8 Å². The van der Waals surface area contributed by atoms with Crippen LogP contribution in [-0.2, 0) is 9.53 Å². The maximum atomic E-state index is 12.2. The molecule has 1 aliphatic heterocycles. The number of ether oxygens (including phenoxy) is 1. The molecule has 1 atom stereocenters. The maximum absolute atomic E-state index is 12.2. The Morgan fingerprint density at radius 3 is 2.86 bits per heavy atom. The molecule has 0 aromatic heterocycles. The Morgan fingerprint density at radius 2 is 2.14 bits per heavy atom. The predicted octanol–water partition coefficient (Wildman–Crippen LogP) is 2.65. The molecular formula is C17H23NO4. The molecule has 1 amide bonds. The van der Waals surface area contributed by atoms with Crippen LogP contribution in [0.15, 0.2) is 18.2 Å². The molecule has 0 bridgehead atoms. The summed E-state index contributed by atoms with van der Waals surface area (Å²) in [5.74, 6) is -0.959. The summed E-state index contributed by atoms with van der Waals surface area (Å²) in [7, 11) is 0. The van der Waals surface area contributed by atoms with Crippen molar-refractivity contribution in [2.24, 2.45) is 0 Å². The van der Waals surface area contributed by atoms with Crippen LogP contribution in [0.1, 0.15) is 48.5 Å². The van der Waals surface area contributed by atoms with Crippen molar-refractivity contribution in [3.63, 3.8) is 0 Å². The summed E-state index contributed by atoms with van der Waals surface area (Å²) in [5.41, 5.74) is 0.941. The first kappa shape index (κ1) is 16.3. The van der Waals surface area contributed by atoms with Gasteiger partial charge in [0.05, 0.1) is 0 Å². The number of carbonyl (C=O) groups is 2. The highest BCUT2D eigenvalue weighted by Gasteiger charge is 2.26. The summed E-state index contributed by atoms with van der Waals surface area (Å²) < 4.78 is 5.08. The third-order valence-electron chi connectivity index (χ3n) is 4.12. The van der Waals surface area contributed by atoms with Gasteiger partial charge in [-0.15, -0.1) is 0 Å². The normalized spacial score (nSPS) is 18.1. The molecule has 120 valence electrons. The van der Waals surface area contributed by atoms with Gasteiger partial charge in [-0.1, -0.05) is 18.6 Å². The molecule has 1 heterocycles. The Kier molecular flexibility index (Phi) is 5.41. The lowest BCUT2D eigenvalue weighted by Crippen LogP contribution is -2.45. The number of aromatic hydroxyl groups is 1.